The highest BCUT2D eigenvalue weighted by Gasteiger charge is 2.45. The Kier molecular flexibility index (Phi) is 5.10. The number of carbonyl (C=O) groups excluding carboxylic acids is 4. The molecular formula is C23H20N2O7. The Labute approximate surface area is 183 Å². The quantitative estimate of drug-likeness (QED) is 0.706. The summed E-state index contributed by atoms with van der Waals surface area (Å²) in [5.41, 5.74) is 1.34. The van der Waals surface area contributed by atoms with Crippen LogP contribution in [0.15, 0.2) is 42.5 Å². The lowest BCUT2D eigenvalue weighted by Gasteiger charge is -2.27. The van der Waals surface area contributed by atoms with Crippen molar-refractivity contribution >= 4 is 23.6 Å². The van der Waals surface area contributed by atoms with Gasteiger partial charge in [0.1, 0.15) is 12.6 Å². The molecule has 1 N–H and O–H groups in total. The highest BCUT2D eigenvalue weighted by molar-refractivity contribution is 6.23. The fourth-order valence-corrected chi connectivity index (χ4v) is 4.04. The number of amides is 4. The maximum absolute atomic E-state index is 12.9. The Morgan fingerprint density at radius 1 is 1.00 bits per heavy atom. The number of hydrogen-bond acceptors (Lipinski definition) is 7. The van der Waals surface area contributed by atoms with Gasteiger partial charge in [0.25, 0.3) is 11.8 Å². The highest BCUT2D eigenvalue weighted by Crippen LogP contribution is 2.39. The number of ether oxygens (including phenoxy) is 3. The largest absolute Gasteiger partial charge is 0.486 e. The van der Waals surface area contributed by atoms with Crippen LogP contribution in [0.2, 0.25) is 0 Å². The predicted octanol–water partition coefficient (Wildman–Crippen LogP) is 1.44. The number of imide groups is 2. The van der Waals surface area contributed by atoms with E-state index in [9.17, 15) is 19.2 Å². The smallest absolute Gasteiger partial charge is 0.262 e. The zero-order valence-corrected chi connectivity index (χ0v) is 17.0. The van der Waals surface area contributed by atoms with Crippen molar-refractivity contribution < 1.29 is 33.4 Å². The fourth-order valence-electron chi connectivity index (χ4n) is 4.04. The van der Waals surface area contributed by atoms with E-state index in [1.165, 1.54) is 12.1 Å². The summed E-state index contributed by atoms with van der Waals surface area (Å²) in [6.07, 6.45) is -0.205. The third-order valence-corrected chi connectivity index (χ3v) is 5.64. The Bertz CT molecular complexity index is 1110. The zero-order valence-electron chi connectivity index (χ0n) is 17.0. The van der Waals surface area contributed by atoms with Crippen molar-refractivity contribution in [3.8, 4) is 11.5 Å². The lowest BCUT2D eigenvalue weighted by atomic mass is 10.0. The van der Waals surface area contributed by atoms with Crippen LogP contribution in [-0.4, -0.2) is 53.9 Å². The van der Waals surface area contributed by atoms with Gasteiger partial charge in [0.2, 0.25) is 11.8 Å². The molecule has 3 heterocycles. The molecule has 3 aliphatic heterocycles. The predicted molar refractivity (Wildman–Crippen MR) is 109 cm³/mol. The molecule has 5 rings (SSSR count). The van der Waals surface area contributed by atoms with Crippen LogP contribution in [0, 0.1) is 0 Å². The number of carbonyl (C=O) groups is 4. The van der Waals surface area contributed by atoms with Crippen molar-refractivity contribution in [2.45, 2.75) is 31.6 Å². The Hall–Kier alpha value is -3.72. The molecule has 3 aliphatic rings. The van der Waals surface area contributed by atoms with Crippen LogP contribution in [0.25, 0.3) is 0 Å². The molecule has 1 saturated heterocycles. The van der Waals surface area contributed by atoms with Crippen LogP contribution in [0.5, 0.6) is 11.5 Å². The molecule has 1 unspecified atom stereocenters. The summed E-state index contributed by atoms with van der Waals surface area (Å²) < 4.78 is 17.4. The summed E-state index contributed by atoms with van der Waals surface area (Å²) in [6, 6.07) is 11.7. The van der Waals surface area contributed by atoms with Gasteiger partial charge in [0.05, 0.1) is 24.3 Å². The number of fused-ring (bicyclic) bond motifs is 2. The molecule has 9 nitrogen and oxygen atoms in total. The molecule has 1 fully saturated rings. The lowest BCUT2D eigenvalue weighted by Crippen LogP contribution is -2.54. The molecule has 0 saturated carbocycles. The number of rotatable bonds is 5. The van der Waals surface area contributed by atoms with Gasteiger partial charge in [0, 0.05) is 6.42 Å². The van der Waals surface area contributed by atoms with Gasteiger partial charge in [-0.3, -0.25) is 29.4 Å². The van der Waals surface area contributed by atoms with E-state index in [4.69, 9.17) is 14.2 Å². The van der Waals surface area contributed by atoms with Crippen LogP contribution < -0.4 is 14.8 Å². The minimum atomic E-state index is -1.02. The average molecular weight is 436 g/mol. The Balaban J connectivity index is 1.29. The second kappa shape index (κ2) is 8.08. The van der Waals surface area contributed by atoms with Crippen molar-refractivity contribution in [2.24, 2.45) is 0 Å². The lowest BCUT2D eigenvalue weighted by molar-refractivity contribution is -0.136. The van der Waals surface area contributed by atoms with Gasteiger partial charge in [-0.2, -0.15) is 0 Å². The van der Waals surface area contributed by atoms with Crippen LogP contribution in [0.1, 0.15) is 39.1 Å². The van der Waals surface area contributed by atoms with Crippen molar-refractivity contribution in [3.05, 3.63) is 59.2 Å². The van der Waals surface area contributed by atoms with E-state index in [2.05, 4.69) is 5.32 Å². The molecule has 32 heavy (non-hydrogen) atoms. The molecule has 9 heteroatoms. The first kappa shape index (κ1) is 20.2. The molecule has 2 aromatic rings. The van der Waals surface area contributed by atoms with Crippen LogP contribution in [0.4, 0.5) is 0 Å². The van der Waals surface area contributed by atoms with E-state index in [1.54, 1.807) is 0 Å². The molecule has 2 aromatic carbocycles. The minimum Gasteiger partial charge on any atom is -0.486 e. The van der Waals surface area contributed by atoms with E-state index >= 15 is 0 Å². The van der Waals surface area contributed by atoms with Crippen molar-refractivity contribution in [1.29, 1.82) is 0 Å². The van der Waals surface area contributed by atoms with Gasteiger partial charge in [-0.15, -0.1) is 0 Å². The highest BCUT2D eigenvalue weighted by atomic mass is 16.6. The van der Waals surface area contributed by atoms with Crippen molar-refractivity contribution in [2.75, 3.05) is 13.2 Å². The summed E-state index contributed by atoms with van der Waals surface area (Å²) in [5.74, 6) is -1.54. The first-order chi connectivity index (χ1) is 15.5. The van der Waals surface area contributed by atoms with Gasteiger partial charge >= 0.3 is 0 Å². The molecule has 0 aliphatic carbocycles. The van der Waals surface area contributed by atoms with Crippen molar-refractivity contribution in [3.63, 3.8) is 0 Å². The number of nitrogens with zero attached hydrogens (tertiary/aromatic N) is 1. The second-order valence-electron chi connectivity index (χ2n) is 7.84. The Morgan fingerprint density at radius 3 is 2.44 bits per heavy atom. The van der Waals surface area contributed by atoms with Gasteiger partial charge in [-0.1, -0.05) is 30.3 Å². The topological polar surface area (TPSA) is 111 Å². The average Bonchev–Trinajstić information content (AvgIpc) is 3.03. The molecule has 0 spiro atoms. The maximum Gasteiger partial charge on any atom is 0.262 e. The molecule has 164 valence electrons. The number of benzene rings is 2. The first-order valence-electron chi connectivity index (χ1n) is 10.3. The summed E-state index contributed by atoms with van der Waals surface area (Å²) >= 11 is 0. The van der Waals surface area contributed by atoms with Crippen molar-refractivity contribution in [1.82, 2.24) is 10.2 Å². The molecule has 0 aromatic heterocycles. The van der Waals surface area contributed by atoms with E-state index in [0.717, 1.165) is 10.5 Å². The van der Waals surface area contributed by atoms with Gasteiger partial charge in [0.15, 0.2) is 17.6 Å². The summed E-state index contributed by atoms with van der Waals surface area (Å²) in [7, 11) is 0. The van der Waals surface area contributed by atoms with E-state index in [1.807, 2.05) is 30.3 Å². The molecule has 0 radical (unpaired) electrons. The zero-order chi connectivity index (χ0) is 22.2. The first-order valence-corrected chi connectivity index (χ1v) is 10.3. The SMILES string of the molecule is O=C1CCC(N2C(=O)c3cc4c(cc3C2=O)O[C@@H](COCc2ccccc2)CO4)C(=O)N1. The van der Waals surface area contributed by atoms with Crippen LogP contribution in [0.3, 0.4) is 0 Å². The molecule has 2 atom stereocenters. The van der Waals surface area contributed by atoms with E-state index in [-0.39, 0.29) is 36.7 Å². The van der Waals surface area contributed by atoms with E-state index < -0.39 is 29.7 Å². The summed E-state index contributed by atoms with van der Waals surface area (Å²) in [5, 5.41) is 2.18. The van der Waals surface area contributed by atoms with Gasteiger partial charge < -0.3 is 14.2 Å². The second-order valence-corrected chi connectivity index (χ2v) is 7.84. The third kappa shape index (κ3) is 3.60. The normalized spacial score (nSPS) is 22.1. The van der Waals surface area contributed by atoms with Gasteiger partial charge in [-0.05, 0) is 24.1 Å². The molecular weight excluding hydrogens is 416 g/mol. The number of nitrogens with one attached hydrogen (secondary N) is 1. The van der Waals surface area contributed by atoms with Gasteiger partial charge in [-0.25, -0.2) is 0 Å². The van der Waals surface area contributed by atoms with E-state index in [0.29, 0.717) is 24.7 Å². The van der Waals surface area contributed by atoms with Crippen LogP contribution in [-0.2, 0) is 20.9 Å². The Morgan fingerprint density at radius 2 is 1.72 bits per heavy atom. The standard InChI is InChI=1S/C23H20N2O7/c26-20-7-6-17(21(27)24-20)25-22(28)15-8-18-19(9-16(15)23(25)29)32-14(12-31-18)11-30-10-13-4-2-1-3-5-13/h1-5,8-9,14,17H,6-7,10-12H2,(H,24,26,27)/t14-,17?/m0/s1. The van der Waals surface area contributed by atoms with Crippen LogP contribution >= 0.6 is 0 Å². The number of piperidine rings is 1. The summed E-state index contributed by atoms with van der Waals surface area (Å²) in [4.78, 5) is 50.4. The fraction of sp³-hybridized carbons (Fsp3) is 0.304. The monoisotopic (exact) mass is 436 g/mol. The molecule has 0 bridgehead atoms. The third-order valence-electron chi connectivity index (χ3n) is 5.64. The molecule has 4 amide bonds. The number of hydrogen-bond donors (Lipinski definition) is 1. The minimum absolute atomic E-state index is 0.0667. The maximum atomic E-state index is 12.9. The summed E-state index contributed by atoms with van der Waals surface area (Å²) in [6.45, 7) is 0.964.